The fourth-order valence-corrected chi connectivity index (χ4v) is 2.47. The maximum absolute atomic E-state index is 5.84. The summed E-state index contributed by atoms with van der Waals surface area (Å²) in [4.78, 5) is 5.49. The minimum absolute atomic E-state index is 0.306. The second kappa shape index (κ2) is 7.31. The molecule has 0 bridgehead atoms. The Bertz CT molecular complexity index is 542. The van der Waals surface area contributed by atoms with Crippen LogP contribution in [0.5, 0.6) is 11.6 Å². The van der Waals surface area contributed by atoms with E-state index in [2.05, 4.69) is 30.2 Å². The molecule has 0 saturated heterocycles. The van der Waals surface area contributed by atoms with E-state index in [-0.39, 0.29) is 0 Å². The number of hydrogen-bond donors (Lipinski definition) is 1. The number of nitrogens with one attached hydrogen (secondary N) is 1. The van der Waals surface area contributed by atoms with Gasteiger partial charge in [-0.2, -0.15) is 0 Å². The molecule has 2 aromatic rings. The first-order valence-corrected chi connectivity index (χ1v) is 7.97. The number of thioether (sulfide) groups is 1. The highest BCUT2D eigenvalue weighted by atomic mass is 32.2. The average molecular weight is 288 g/mol. The number of benzene rings is 1. The maximum Gasteiger partial charge on any atom is 0.219 e. The van der Waals surface area contributed by atoms with Crippen molar-refractivity contribution in [2.45, 2.75) is 24.8 Å². The maximum atomic E-state index is 5.84. The highest BCUT2D eigenvalue weighted by Gasteiger charge is 2.07. The van der Waals surface area contributed by atoms with Crippen LogP contribution in [0.4, 0.5) is 0 Å². The van der Waals surface area contributed by atoms with Gasteiger partial charge in [0.15, 0.2) is 0 Å². The van der Waals surface area contributed by atoms with Crippen molar-refractivity contribution in [3.05, 3.63) is 48.2 Å². The summed E-state index contributed by atoms with van der Waals surface area (Å²) in [6.07, 6.45) is 3.90. The number of hydrogen-bond acceptors (Lipinski definition) is 4. The molecule has 0 saturated carbocycles. The number of pyridine rings is 1. The molecule has 1 aromatic heterocycles. The van der Waals surface area contributed by atoms with Gasteiger partial charge in [0.25, 0.3) is 0 Å². The molecular weight excluding hydrogens is 268 g/mol. The van der Waals surface area contributed by atoms with E-state index in [4.69, 9.17) is 4.74 Å². The molecule has 20 heavy (non-hydrogen) atoms. The predicted octanol–water partition coefficient (Wildman–Crippen LogP) is 4.27. The molecule has 0 radical (unpaired) electrons. The van der Waals surface area contributed by atoms with Crippen molar-refractivity contribution in [1.82, 2.24) is 10.3 Å². The second-order valence-electron chi connectivity index (χ2n) is 4.46. The Morgan fingerprint density at radius 3 is 2.70 bits per heavy atom. The normalized spacial score (nSPS) is 12.2. The zero-order valence-corrected chi connectivity index (χ0v) is 12.9. The van der Waals surface area contributed by atoms with Crippen LogP contribution in [0.3, 0.4) is 0 Å². The molecule has 1 unspecified atom stereocenters. The molecule has 1 aromatic carbocycles. The first-order valence-electron chi connectivity index (χ1n) is 6.74. The Morgan fingerprint density at radius 2 is 2.05 bits per heavy atom. The van der Waals surface area contributed by atoms with Gasteiger partial charge >= 0.3 is 0 Å². The monoisotopic (exact) mass is 288 g/mol. The Hall–Kier alpha value is -1.52. The van der Waals surface area contributed by atoms with Crippen molar-refractivity contribution in [2.24, 2.45) is 0 Å². The van der Waals surface area contributed by atoms with Crippen molar-refractivity contribution in [1.29, 1.82) is 0 Å². The van der Waals surface area contributed by atoms with Gasteiger partial charge in [-0.05, 0) is 37.4 Å². The molecule has 1 heterocycles. The third-order valence-corrected chi connectivity index (χ3v) is 3.83. The lowest BCUT2D eigenvalue weighted by Gasteiger charge is -2.13. The van der Waals surface area contributed by atoms with Gasteiger partial charge in [-0.15, -0.1) is 11.8 Å². The van der Waals surface area contributed by atoms with Crippen LogP contribution in [0, 0.1) is 0 Å². The third kappa shape index (κ3) is 3.74. The van der Waals surface area contributed by atoms with E-state index in [0.717, 1.165) is 22.8 Å². The van der Waals surface area contributed by atoms with Gasteiger partial charge in [-0.3, -0.25) is 0 Å². The van der Waals surface area contributed by atoms with Crippen LogP contribution in [0.15, 0.2) is 47.5 Å². The molecule has 3 nitrogen and oxygen atoms in total. The average Bonchev–Trinajstić information content (AvgIpc) is 2.49. The lowest BCUT2D eigenvalue weighted by atomic mass is 10.1. The summed E-state index contributed by atoms with van der Waals surface area (Å²) in [6.45, 7) is 5.17. The number of nitrogens with zero attached hydrogens (tertiary/aromatic N) is 1. The molecule has 1 atom stereocenters. The molecule has 106 valence electrons. The van der Waals surface area contributed by atoms with Crippen molar-refractivity contribution >= 4 is 11.8 Å². The van der Waals surface area contributed by atoms with E-state index in [1.165, 1.54) is 0 Å². The third-order valence-electron chi connectivity index (χ3n) is 3.05. The number of ether oxygens (including phenoxy) is 1. The van der Waals surface area contributed by atoms with Crippen molar-refractivity contribution in [3.63, 3.8) is 0 Å². The molecule has 0 spiro atoms. The zero-order valence-electron chi connectivity index (χ0n) is 12.1. The van der Waals surface area contributed by atoms with E-state index >= 15 is 0 Å². The van der Waals surface area contributed by atoms with Gasteiger partial charge in [0.05, 0.1) is 0 Å². The first kappa shape index (κ1) is 14.9. The van der Waals surface area contributed by atoms with Gasteiger partial charge in [-0.1, -0.05) is 25.1 Å². The highest BCUT2D eigenvalue weighted by Crippen LogP contribution is 2.30. The van der Waals surface area contributed by atoms with Gasteiger partial charge in [0.1, 0.15) is 5.75 Å². The second-order valence-corrected chi connectivity index (χ2v) is 5.31. The van der Waals surface area contributed by atoms with E-state index in [1.54, 1.807) is 11.8 Å². The van der Waals surface area contributed by atoms with Gasteiger partial charge in [0.2, 0.25) is 5.88 Å². The first-order chi connectivity index (χ1) is 9.74. The number of rotatable bonds is 6. The molecule has 0 fully saturated rings. The molecule has 1 N–H and O–H groups in total. The fourth-order valence-electron chi connectivity index (χ4n) is 1.95. The smallest absolute Gasteiger partial charge is 0.219 e. The minimum atomic E-state index is 0.306. The summed E-state index contributed by atoms with van der Waals surface area (Å²) < 4.78 is 5.84. The van der Waals surface area contributed by atoms with Crippen LogP contribution in [-0.4, -0.2) is 17.8 Å². The molecule has 4 heteroatoms. The van der Waals surface area contributed by atoms with E-state index in [1.807, 2.05) is 42.8 Å². The summed E-state index contributed by atoms with van der Waals surface area (Å²) in [7, 11) is 0. The molecular formula is C16H20N2OS. The number of aromatic nitrogens is 1. The van der Waals surface area contributed by atoms with Crippen LogP contribution in [0.25, 0.3) is 0 Å². The minimum Gasteiger partial charge on any atom is -0.438 e. The molecule has 0 aliphatic rings. The van der Waals surface area contributed by atoms with Crippen molar-refractivity contribution < 1.29 is 4.74 Å². The van der Waals surface area contributed by atoms with Crippen LogP contribution >= 0.6 is 11.8 Å². The van der Waals surface area contributed by atoms with E-state index < -0.39 is 0 Å². The van der Waals surface area contributed by atoms with Gasteiger partial charge in [0, 0.05) is 23.2 Å². The van der Waals surface area contributed by atoms with Gasteiger partial charge < -0.3 is 10.1 Å². The quantitative estimate of drug-likeness (QED) is 0.805. The summed E-state index contributed by atoms with van der Waals surface area (Å²) >= 11 is 1.67. The summed E-state index contributed by atoms with van der Waals surface area (Å²) in [5.41, 5.74) is 1.16. The number of para-hydroxylation sites is 1. The Balaban J connectivity index is 2.11. The summed E-state index contributed by atoms with van der Waals surface area (Å²) in [5, 5.41) is 3.37. The summed E-state index contributed by atoms with van der Waals surface area (Å²) in [5.74, 6) is 1.47. The van der Waals surface area contributed by atoms with Crippen LogP contribution in [-0.2, 0) is 0 Å². The lowest BCUT2D eigenvalue weighted by molar-refractivity contribution is 0.451. The SMILES string of the molecule is CCNC(C)c1ccc(Oc2ccccc2SC)nc1. The fraction of sp³-hybridized carbons (Fsp3) is 0.312. The molecule has 0 aliphatic carbocycles. The van der Waals surface area contributed by atoms with Crippen molar-refractivity contribution in [3.8, 4) is 11.6 Å². The standard InChI is InChI=1S/C16H20N2OS/c1-4-17-12(2)13-9-10-16(18-11-13)19-14-7-5-6-8-15(14)20-3/h5-12,17H,4H2,1-3H3. The Morgan fingerprint density at radius 1 is 1.25 bits per heavy atom. The molecule has 2 rings (SSSR count). The van der Waals surface area contributed by atoms with E-state index in [0.29, 0.717) is 11.9 Å². The van der Waals surface area contributed by atoms with Crippen LogP contribution in [0.2, 0.25) is 0 Å². The van der Waals surface area contributed by atoms with Crippen LogP contribution < -0.4 is 10.1 Å². The van der Waals surface area contributed by atoms with E-state index in [9.17, 15) is 0 Å². The molecule has 0 amide bonds. The highest BCUT2D eigenvalue weighted by molar-refractivity contribution is 7.98. The molecule has 0 aliphatic heterocycles. The predicted molar refractivity (Wildman–Crippen MR) is 84.6 cm³/mol. The zero-order chi connectivity index (χ0) is 14.4. The lowest BCUT2D eigenvalue weighted by Crippen LogP contribution is -2.17. The Labute approximate surface area is 124 Å². The summed E-state index contributed by atoms with van der Waals surface area (Å²) in [6, 6.07) is 12.3. The van der Waals surface area contributed by atoms with Gasteiger partial charge in [-0.25, -0.2) is 4.98 Å². The largest absolute Gasteiger partial charge is 0.438 e. The Kier molecular flexibility index (Phi) is 5.44. The van der Waals surface area contributed by atoms with Crippen LogP contribution in [0.1, 0.15) is 25.5 Å². The van der Waals surface area contributed by atoms with Crippen molar-refractivity contribution in [2.75, 3.05) is 12.8 Å². The topological polar surface area (TPSA) is 34.1 Å².